The molecule has 0 unspecified atom stereocenters. The topological polar surface area (TPSA) is 59.6 Å². The van der Waals surface area contributed by atoms with Crippen LogP contribution < -0.4 is 20.1 Å². The van der Waals surface area contributed by atoms with Crippen molar-refractivity contribution < 1.29 is 27.4 Å². The number of fused-ring (bicyclic) bond motifs is 1. The third-order valence-corrected chi connectivity index (χ3v) is 3.51. The Balaban J connectivity index is 1.65. The highest BCUT2D eigenvalue weighted by atomic mass is 32.1. The third-order valence-electron chi connectivity index (χ3n) is 3.31. The average molecular weight is 368 g/mol. The summed E-state index contributed by atoms with van der Waals surface area (Å²) < 4.78 is 48.4. The van der Waals surface area contributed by atoms with Crippen molar-refractivity contribution >= 4 is 28.9 Å². The molecule has 0 saturated carbocycles. The number of anilines is 1. The molecule has 3 rings (SSSR count). The van der Waals surface area contributed by atoms with Gasteiger partial charge >= 0.3 is 6.18 Å². The minimum absolute atomic E-state index is 0.0793. The molecule has 0 saturated heterocycles. The number of hydrogen-bond donors (Lipinski definition) is 2. The van der Waals surface area contributed by atoms with Crippen LogP contribution in [0.5, 0.6) is 11.5 Å². The van der Waals surface area contributed by atoms with E-state index in [2.05, 4.69) is 10.6 Å². The van der Waals surface area contributed by atoms with Gasteiger partial charge < -0.3 is 14.8 Å². The van der Waals surface area contributed by atoms with Crippen molar-refractivity contribution in [1.82, 2.24) is 5.32 Å². The summed E-state index contributed by atoms with van der Waals surface area (Å²) in [6, 6.07) is 9.10. The Morgan fingerprint density at radius 2 is 1.84 bits per heavy atom. The van der Waals surface area contributed by atoms with E-state index in [9.17, 15) is 18.0 Å². The molecule has 9 heteroatoms. The minimum Gasteiger partial charge on any atom is -0.454 e. The number of benzene rings is 2. The molecule has 0 atom stereocenters. The average Bonchev–Trinajstić information content (AvgIpc) is 3.01. The minimum atomic E-state index is -4.46. The van der Waals surface area contributed by atoms with E-state index < -0.39 is 17.6 Å². The zero-order chi connectivity index (χ0) is 18.0. The summed E-state index contributed by atoms with van der Waals surface area (Å²) in [5, 5.41) is 4.83. The van der Waals surface area contributed by atoms with Crippen molar-refractivity contribution in [3.05, 3.63) is 53.6 Å². The molecule has 1 amide bonds. The molecule has 1 aliphatic rings. The van der Waals surface area contributed by atoms with E-state index in [4.69, 9.17) is 21.7 Å². The van der Waals surface area contributed by atoms with Crippen LogP contribution in [0.25, 0.3) is 0 Å². The zero-order valence-electron chi connectivity index (χ0n) is 12.5. The summed E-state index contributed by atoms with van der Waals surface area (Å²) in [7, 11) is 0. The van der Waals surface area contributed by atoms with E-state index in [1.807, 2.05) is 0 Å². The number of carbonyl (C=O) groups excluding carboxylic acids is 1. The van der Waals surface area contributed by atoms with Gasteiger partial charge in [-0.05, 0) is 48.6 Å². The molecule has 0 aliphatic carbocycles. The number of alkyl halides is 3. The quantitative estimate of drug-likeness (QED) is 0.794. The standard InChI is InChI=1S/C16H11F3N2O3S/c17-16(18,19)10-2-1-3-11(7-10)20-15(25)21-14(22)9-4-5-12-13(6-9)24-8-23-12/h1-7H,8H2,(H2,20,21,22,25). The normalized spacial score (nSPS) is 12.6. The molecule has 2 aromatic carbocycles. The van der Waals surface area contributed by atoms with E-state index >= 15 is 0 Å². The van der Waals surface area contributed by atoms with E-state index in [1.165, 1.54) is 24.3 Å². The van der Waals surface area contributed by atoms with E-state index in [0.29, 0.717) is 11.5 Å². The molecule has 1 aliphatic heterocycles. The lowest BCUT2D eigenvalue weighted by Crippen LogP contribution is -2.34. The molecular weight excluding hydrogens is 357 g/mol. The van der Waals surface area contributed by atoms with Crippen LogP contribution in [0.1, 0.15) is 15.9 Å². The number of carbonyl (C=O) groups is 1. The van der Waals surface area contributed by atoms with Gasteiger partial charge in [-0.2, -0.15) is 13.2 Å². The molecule has 0 bridgehead atoms. The van der Waals surface area contributed by atoms with Crippen LogP contribution in [-0.2, 0) is 6.18 Å². The van der Waals surface area contributed by atoms with Gasteiger partial charge in [0.15, 0.2) is 16.6 Å². The van der Waals surface area contributed by atoms with Gasteiger partial charge in [-0.15, -0.1) is 0 Å². The lowest BCUT2D eigenvalue weighted by molar-refractivity contribution is -0.137. The first-order valence-corrected chi connectivity index (χ1v) is 7.43. The Hall–Kier alpha value is -2.81. The summed E-state index contributed by atoms with van der Waals surface area (Å²) in [5.41, 5.74) is -0.425. The maximum atomic E-state index is 12.7. The SMILES string of the molecule is O=C(NC(=S)Nc1cccc(C(F)(F)F)c1)c1ccc2c(c1)OCO2. The maximum Gasteiger partial charge on any atom is 0.416 e. The second-order valence-electron chi connectivity index (χ2n) is 5.05. The summed E-state index contributed by atoms with van der Waals surface area (Å²) in [5.74, 6) is 0.438. The number of thiocarbonyl (C=S) groups is 1. The molecule has 2 N–H and O–H groups in total. The van der Waals surface area contributed by atoms with Gasteiger partial charge in [0, 0.05) is 11.3 Å². The fraction of sp³-hybridized carbons (Fsp3) is 0.125. The molecule has 0 fully saturated rings. The Bertz CT molecular complexity index is 840. The van der Waals surface area contributed by atoms with Gasteiger partial charge in [0.25, 0.3) is 5.91 Å². The van der Waals surface area contributed by atoms with Gasteiger partial charge in [-0.1, -0.05) is 6.07 Å². The molecule has 2 aromatic rings. The fourth-order valence-corrected chi connectivity index (χ4v) is 2.36. The molecule has 5 nitrogen and oxygen atoms in total. The van der Waals surface area contributed by atoms with Crippen molar-refractivity contribution in [2.45, 2.75) is 6.18 Å². The molecule has 1 heterocycles. The van der Waals surface area contributed by atoms with Crippen LogP contribution in [0.15, 0.2) is 42.5 Å². The van der Waals surface area contributed by atoms with Crippen molar-refractivity contribution in [2.75, 3.05) is 12.1 Å². The van der Waals surface area contributed by atoms with Crippen LogP contribution in [0.2, 0.25) is 0 Å². The molecule has 0 aromatic heterocycles. The van der Waals surface area contributed by atoms with Crippen molar-refractivity contribution in [1.29, 1.82) is 0 Å². The predicted octanol–water partition coefficient (Wildman–Crippen LogP) is 3.56. The van der Waals surface area contributed by atoms with Crippen LogP contribution in [0.4, 0.5) is 18.9 Å². The van der Waals surface area contributed by atoms with E-state index in [-0.39, 0.29) is 23.2 Å². The summed E-state index contributed by atoms with van der Waals surface area (Å²) in [6.45, 7) is 0.0793. The van der Waals surface area contributed by atoms with Crippen LogP contribution >= 0.6 is 12.2 Å². The lowest BCUT2D eigenvalue weighted by Gasteiger charge is -2.12. The molecule has 0 spiro atoms. The van der Waals surface area contributed by atoms with Gasteiger partial charge in [0.2, 0.25) is 6.79 Å². The highest BCUT2D eigenvalue weighted by Crippen LogP contribution is 2.32. The Morgan fingerprint density at radius 1 is 1.08 bits per heavy atom. The summed E-state index contributed by atoms with van der Waals surface area (Å²) >= 11 is 4.97. The summed E-state index contributed by atoms with van der Waals surface area (Å²) in [4.78, 5) is 12.2. The van der Waals surface area contributed by atoms with Gasteiger partial charge in [0.05, 0.1) is 5.56 Å². The number of hydrogen-bond acceptors (Lipinski definition) is 4. The Labute approximate surface area is 145 Å². The fourth-order valence-electron chi connectivity index (χ4n) is 2.15. The molecule has 130 valence electrons. The zero-order valence-corrected chi connectivity index (χ0v) is 13.3. The van der Waals surface area contributed by atoms with Crippen LogP contribution in [0, 0.1) is 0 Å². The Kier molecular flexibility index (Phi) is 4.49. The second-order valence-corrected chi connectivity index (χ2v) is 5.46. The number of rotatable bonds is 2. The van der Waals surface area contributed by atoms with Gasteiger partial charge in [-0.3, -0.25) is 10.1 Å². The van der Waals surface area contributed by atoms with Gasteiger partial charge in [0.1, 0.15) is 0 Å². The van der Waals surface area contributed by atoms with Crippen molar-refractivity contribution in [3.63, 3.8) is 0 Å². The maximum absolute atomic E-state index is 12.7. The largest absolute Gasteiger partial charge is 0.454 e. The summed E-state index contributed by atoms with van der Waals surface area (Å²) in [6.07, 6.45) is -4.46. The second kappa shape index (κ2) is 6.60. The van der Waals surface area contributed by atoms with Crippen LogP contribution in [0.3, 0.4) is 0 Å². The molecule has 25 heavy (non-hydrogen) atoms. The number of halogens is 3. The molecule has 0 radical (unpaired) electrons. The monoisotopic (exact) mass is 368 g/mol. The van der Waals surface area contributed by atoms with Crippen LogP contribution in [-0.4, -0.2) is 17.8 Å². The predicted molar refractivity (Wildman–Crippen MR) is 87.7 cm³/mol. The highest BCUT2D eigenvalue weighted by molar-refractivity contribution is 7.80. The highest BCUT2D eigenvalue weighted by Gasteiger charge is 2.30. The third kappa shape index (κ3) is 4.00. The van der Waals surface area contributed by atoms with Gasteiger partial charge in [-0.25, -0.2) is 0 Å². The number of amides is 1. The first kappa shape index (κ1) is 17.0. The number of nitrogens with one attached hydrogen (secondary N) is 2. The first-order chi connectivity index (χ1) is 11.8. The van der Waals surface area contributed by atoms with E-state index in [0.717, 1.165) is 12.1 Å². The first-order valence-electron chi connectivity index (χ1n) is 7.02. The number of ether oxygens (including phenoxy) is 2. The Morgan fingerprint density at radius 3 is 2.60 bits per heavy atom. The van der Waals surface area contributed by atoms with Crippen molar-refractivity contribution in [3.8, 4) is 11.5 Å². The molecular formula is C16H11F3N2O3S. The lowest BCUT2D eigenvalue weighted by atomic mass is 10.2. The smallest absolute Gasteiger partial charge is 0.416 e. The van der Waals surface area contributed by atoms with Crippen molar-refractivity contribution in [2.24, 2.45) is 0 Å². The van der Waals surface area contributed by atoms with E-state index in [1.54, 1.807) is 6.07 Å².